The van der Waals surface area contributed by atoms with Gasteiger partial charge < -0.3 is 14.4 Å². The highest BCUT2D eigenvalue weighted by molar-refractivity contribution is 7.89. The van der Waals surface area contributed by atoms with Crippen molar-refractivity contribution in [3.05, 3.63) is 46.4 Å². The van der Waals surface area contributed by atoms with Gasteiger partial charge in [0.15, 0.2) is 11.5 Å². The standard InChI is InChI=1S/C21H24Cl2N2O5S/c1-24(16-5-7-18(29-2)19(13-16)30-3)21(26)14-8-10-25(11-9-14)31(27,28)20-12-15(22)4-6-17(20)23/h4-7,12-14H,8-11H2,1-3H3. The zero-order chi connectivity index (χ0) is 22.8. The minimum Gasteiger partial charge on any atom is -0.493 e. The molecule has 1 amide bonds. The highest BCUT2D eigenvalue weighted by Crippen LogP contribution is 2.33. The van der Waals surface area contributed by atoms with Crippen molar-refractivity contribution in [2.45, 2.75) is 17.7 Å². The van der Waals surface area contributed by atoms with Crippen LogP contribution < -0.4 is 14.4 Å². The van der Waals surface area contributed by atoms with E-state index in [0.717, 1.165) is 0 Å². The molecule has 0 aliphatic carbocycles. The molecule has 31 heavy (non-hydrogen) atoms. The number of halogens is 2. The van der Waals surface area contributed by atoms with Crippen molar-refractivity contribution in [2.75, 3.05) is 39.3 Å². The summed E-state index contributed by atoms with van der Waals surface area (Å²) in [6, 6.07) is 9.60. The summed E-state index contributed by atoms with van der Waals surface area (Å²) in [6.45, 7) is 0.447. The Bertz CT molecular complexity index is 1070. The molecule has 0 bridgehead atoms. The lowest BCUT2D eigenvalue weighted by Crippen LogP contribution is -2.43. The first-order valence-electron chi connectivity index (χ1n) is 9.63. The molecular weight excluding hydrogens is 463 g/mol. The molecule has 1 fully saturated rings. The Balaban J connectivity index is 1.70. The number of sulfonamides is 1. The van der Waals surface area contributed by atoms with E-state index in [2.05, 4.69) is 0 Å². The molecule has 2 aromatic carbocycles. The molecule has 1 aliphatic rings. The van der Waals surface area contributed by atoms with Crippen molar-refractivity contribution in [2.24, 2.45) is 5.92 Å². The van der Waals surface area contributed by atoms with Gasteiger partial charge >= 0.3 is 0 Å². The number of hydrogen-bond acceptors (Lipinski definition) is 5. The van der Waals surface area contributed by atoms with Gasteiger partial charge in [0.1, 0.15) is 4.90 Å². The molecule has 168 valence electrons. The van der Waals surface area contributed by atoms with Crippen LogP contribution in [0, 0.1) is 5.92 Å². The SMILES string of the molecule is COc1ccc(N(C)C(=O)C2CCN(S(=O)(=O)c3cc(Cl)ccc3Cl)CC2)cc1OC. The number of anilines is 1. The largest absolute Gasteiger partial charge is 0.493 e. The summed E-state index contributed by atoms with van der Waals surface area (Å²) in [7, 11) is 0.981. The molecule has 0 unspecified atom stereocenters. The van der Waals surface area contributed by atoms with Gasteiger partial charge in [-0.15, -0.1) is 0 Å². The summed E-state index contributed by atoms with van der Waals surface area (Å²) in [5.41, 5.74) is 0.670. The van der Waals surface area contributed by atoms with Gasteiger partial charge in [-0.3, -0.25) is 4.79 Å². The second kappa shape index (κ2) is 9.65. The number of amides is 1. The fraction of sp³-hybridized carbons (Fsp3) is 0.381. The second-order valence-electron chi connectivity index (χ2n) is 7.19. The Morgan fingerprint density at radius 2 is 1.68 bits per heavy atom. The predicted molar refractivity (Wildman–Crippen MR) is 121 cm³/mol. The summed E-state index contributed by atoms with van der Waals surface area (Å²) in [4.78, 5) is 14.6. The number of benzene rings is 2. The smallest absolute Gasteiger partial charge is 0.244 e. The fourth-order valence-electron chi connectivity index (χ4n) is 3.59. The number of nitrogens with zero attached hydrogens (tertiary/aromatic N) is 2. The molecule has 1 aliphatic heterocycles. The normalized spacial score (nSPS) is 15.5. The van der Waals surface area contributed by atoms with E-state index in [0.29, 0.717) is 35.1 Å². The molecule has 1 heterocycles. The van der Waals surface area contributed by atoms with Crippen LogP contribution in [0.25, 0.3) is 0 Å². The van der Waals surface area contributed by atoms with Gasteiger partial charge in [0.2, 0.25) is 15.9 Å². The summed E-state index contributed by atoms with van der Waals surface area (Å²) in [5.74, 6) is 0.730. The average Bonchev–Trinajstić information content (AvgIpc) is 2.79. The molecule has 10 heteroatoms. The third-order valence-electron chi connectivity index (χ3n) is 5.40. The quantitative estimate of drug-likeness (QED) is 0.614. The molecule has 0 N–H and O–H groups in total. The van der Waals surface area contributed by atoms with Crippen LogP contribution in [0.1, 0.15) is 12.8 Å². The average molecular weight is 487 g/mol. The van der Waals surface area contributed by atoms with Crippen molar-refractivity contribution in [1.29, 1.82) is 0 Å². The van der Waals surface area contributed by atoms with Gasteiger partial charge in [0, 0.05) is 42.8 Å². The van der Waals surface area contributed by atoms with E-state index in [1.807, 2.05) is 0 Å². The van der Waals surface area contributed by atoms with Crippen LogP contribution >= 0.6 is 23.2 Å². The number of carbonyl (C=O) groups is 1. The fourth-order valence-corrected chi connectivity index (χ4v) is 5.80. The molecule has 0 atom stereocenters. The van der Waals surface area contributed by atoms with Gasteiger partial charge in [0.05, 0.1) is 19.2 Å². The molecule has 0 spiro atoms. The predicted octanol–water partition coefficient (Wildman–Crippen LogP) is 4.07. The minimum absolute atomic E-state index is 0.0195. The highest BCUT2D eigenvalue weighted by atomic mass is 35.5. The van der Waals surface area contributed by atoms with Crippen molar-refractivity contribution >= 4 is 44.8 Å². The van der Waals surface area contributed by atoms with E-state index in [9.17, 15) is 13.2 Å². The van der Waals surface area contributed by atoms with E-state index >= 15 is 0 Å². The number of piperidine rings is 1. The molecule has 0 aromatic heterocycles. The van der Waals surface area contributed by atoms with Crippen LogP contribution in [0.15, 0.2) is 41.3 Å². The van der Waals surface area contributed by atoms with Crippen LogP contribution in [-0.2, 0) is 14.8 Å². The Morgan fingerprint density at radius 1 is 1.03 bits per heavy atom. The van der Waals surface area contributed by atoms with Crippen LogP contribution in [-0.4, -0.2) is 53.0 Å². The lowest BCUT2D eigenvalue weighted by atomic mass is 9.96. The second-order valence-corrected chi connectivity index (χ2v) is 9.94. The molecule has 3 rings (SSSR count). The van der Waals surface area contributed by atoms with Crippen LogP contribution in [0.4, 0.5) is 5.69 Å². The van der Waals surface area contributed by atoms with Crippen molar-refractivity contribution in [1.82, 2.24) is 4.31 Å². The Hall–Kier alpha value is -2.00. The molecule has 2 aromatic rings. The van der Waals surface area contributed by atoms with E-state index in [-0.39, 0.29) is 34.8 Å². The number of carbonyl (C=O) groups excluding carboxylic acids is 1. The van der Waals surface area contributed by atoms with Crippen molar-refractivity contribution in [3.8, 4) is 11.5 Å². The monoisotopic (exact) mass is 486 g/mol. The van der Waals surface area contributed by atoms with Crippen LogP contribution in [0.3, 0.4) is 0 Å². The highest BCUT2D eigenvalue weighted by Gasteiger charge is 2.34. The maximum Gasteiger partial charge on any atom is 0.244 e. The zero-order valence-corrected chi connectivity index (χ0v) is 19.8. The topological polar surface area (TPSA) is 76.2 Å². The van der Waals surface area contributed by atoms with Crippen LogP contribution in [0.5, 0.6) is 11.5 Å². The van der Waals surface area contributed by atoms with E-state index in [4.69, 9.17) is 32.7 Å². The molecule has 1 saturated heterocycles. The Kier molecular flexibility index (Phi) is 7.36. The molecular formula is C21H24Cl2N2O5S. The molecule has 0 radical (unpaired) electrons. The maximum atomic E-state index is 13.0. The van der Waals surface area contributed by atoms with Gasteiger partial charge in [-0.2, -0.15) is 4.31 Å². The first-order chi connectivity index (χ1) is 14.7. The maximum absolute atomic E-state index is 13.0. The lowest BCUT2D eigenvalue weighted by Gasteiger charge is -2.32. The first kappa shape index (κ1) is 23.7. The molecule has 7 nitrogen and oxygen atoms in total. The van der Waals surface area contributed by atoms with Gasteiger partial charge in [-0.05, 0) is 43.2 Å². The summed E-state index contributed by atoms with van der Waals surface area (Å²) in [6.07, 6.45) is 0.821. The summed E-state index contributed by atoms with van der Waals surface area (Å²) in [5, 5.41) is 0.417. The Morgan fingerprint density at radius 3 is 2.29 bits per heavy atom. The number of ether oxygens (including phenoxy) is 2. The number of methoxy groups -OCH3 is 2. The van der Waals surface area contributed by atoms with Crippen molar-refractivity contribution < 1.29 is 22.7 Å². The summed E-state index contributed by atoms with van der Waals surface area (Å²) >= 11 is 12.0. The van der Waals surface area contributed by atoms with E-state index < -0.39 is 10.0 Å². The Labute approximate surface area is 192 Å². The van der Waals surface area contributed by atoms with Gasteiger partial charge in [-0.1, -0.05) is 23.2 Å². The van der Waals surface area contributed by atoms with Gasteiger partial charge in [0.25, 0.3) is 0 Å². The van der Waals surface area contributed by atoms with Gasteiger partial charge in [-0.25, -0.2) is 8.42 Å². The summed E-state index contributed by atoms with van der Waals surface area (Å²) < 4.78 is 37.9. The minimum atomic E-state index is -3.79. The van der Waals surface area contributed by atoms with Crippen LogP contribution in [0.2, 0.25) is 10.0 Å². The zero-order valence-electron chi connectivity index (χ0n) is 17.5. The van der Waals surface area contributed by atoms with E-state index in [1.54, 1.807) is 37.3 Å². The third-order valence-corrected chi connectivity index (χ3v) is 8.01. The number of rotatable bonds is 6. The third kappa shape index (κ3) is 4.92. The number of hydrogen-bond donors (Lipinski definition) is 0. The first-order valence-corrected chi connectivity index (χ1v) is 11.8. The molecule has 0 saturated carbocycles. The van der Waals surface area contributed by atoms with E-state index in [1.165, 1.54) is 29.6 Å². The lowest BCUT2D eigenvalue weighted by molar-refractivity contribution is -0.123. The van der Waals surface area contributed by atoms with Crippen molar-refractivity contribution in [3.63, 3.8) is 0 Å².